The fourth-order valence-electron chi connectivity index (χ4n) is 1.09. The smallest absolute Gasteiger partial charge is 0.431 e. The van der Waals surface area contributed by atoms with E-state index < -0.39 is 11.9 Å². The normalized spacial score (nSPS) is 24.6. The van der Waals surface area contributed by atoms with Gasteiger partial charge < -0.3 is 18.9 Å². The molecule has 0 saturated carbocycles. The third-order valence-electron chi connectivity index (χ3n) is 1.63. The Morgan fingerprint density at radius 2 is 2.29 bits per heavy atom. The van der Waals surface area contributed by atoms with Crippen LogP contribution in [0.5, 0.6) is 0 Å². The number of ether oxygens (including phenoxy) is 4. The number of rotatable bonds is 3. The minimum atomic E-state index is -0.798. The maximum atomic E-state index is 10.7. The van der Waals surface area contributed by atoms with Gasteiger partial charge in [0.2, 0.25) is 0 Å². The largest absolute Gasteiger partial charge is 0.509 e. The third-order valence-corrected chi connectivity index (χ3v) is 1.74. The summed E-state index contributed by atoms with van der Waals surface area (Å²) in [6.45, 7) is 4.11. The second-order valence-electron chi connectivity index (χ2n) is 3.27. The molecule has 0 bridgehead atoms. The molecule has 1 fully saturated rings. The molecule has 0 N–H and O–H groups in total. The molecule has 0 radical (unpaired) electrons. The summed E-state index contributed by atoms with van der Waals surface area (Å²) in [5.74, 6) is -0.607. The molecule has 0 aromatic heterocycles. The Labute approximate surface area is 87.2 Å². The van der Waals surface area contributed by atoms with Crippen molar-refractivity contribution in [2.45, 2.75) is 25.7 Å². The van der Waals surface area contributed by atoms with Crippen LogP contribution in [0.1, 0.15) is 13.8 Å². The summed E-state index contributed by atoms with van der Waals surface area (Å²) in [4.78, 5) is 10.7. The highest BCUT2D eigenvalue weighted by molar-refractivity contribution is 6.17. The average molecular weight is 225 g/mol. The molecule has 1 unspecified atom stereocenters. The molecule has 0 aromatic rings. The van der Waals surface area contributed by atoms with Crippen molar-refractivity contribution in [2.75, 3.05) is 19.3 Å². The first-order chi connectivity index (χ1) is 6.53. The average Bonchev–Trinajstić information content (AvgIpc) is 2.43. The predicted molar refractivity (Wildman–Crippen MR) is 48.1 cm³/mol. The van der Waals surface area contributed by atoms with Crippen LogP contribution in [-0.4, -0.2) is 37.3 Å². The lowest BCUT2D eigenvalue weighted by Gasteiger charge is -2.16. The highest BCUT2D eigenvalue weighted by atomic mass is 35.5. The zero-order chi connectivity index (χ0) is 10.6. The lowest BCUT2D eigenvalue weighted by Crippen LogP contribution is -2.25. The SMILES string of the molecule is CC1(C)OCC(COC(=O)OCCl)O1. The molecule has 1 aliphatic rings. The van der Waals surface area contributed by atoms with Gasteiger partial charge in [-0.25, -0.2) is 4.79 Å². The van der Waals surface area contributed by atoms with Gasteiger partial charge in [-0.3, -0.25) is 0 Å². The topological polar surface area (TPSA) is 54.0 Å². The fourth-order valence-corrected chi connectivity index (χ4v) is 1.18. The van der Waals surface area contributed by atoms with E-state index in [9.17, 15) is 4.79 Å². The van der Waals surface area contributed by atoms with Crippen molar-refractivity contribution >= 4 is 17.8 Å². The van der Waals surface area contributed by atoms with Crippen LogP contribution in [0.15, 0.2) is 0 Å². The van der Waals surface area contributed by atoms with Gasteiger partial charge in [0.25, 0.3) is 0 Å². The molecule has 5 nitrogen and oxygen atoms in total. The van der Waals surface area contributed by atoms with E-state index >= 15 is 0 Å². The summed E-state index contributed by atoms with van der Waals surface area (Å²) in [7, 11) is 0. The maximum Gasteiger partial charge on any atom is 0.509 e. The van der Waals surface area contributed by atoms with E-state index in [0.29, 0.717) is 6.61 Å². The second kappa shape index (κ2) is 4.82. The number of hydrogen-bond acceptors (Lipinski definition) is 5. The summed E-state index contributed by atoms with van der Waals surface area (Å²) in [5.41, 5.74) is 0. The highest BCUT2D eigenvalue weighted by Crippen LogP contribution is 2.22. The summed E-state index contributed by atoms with van der Waals surface area (Å²) in [6, 6.07) is -0.216. The monoisotopic (exact) mass is 224 g/mol. The van der Waals surface area contributed by atoms with Gasteiger partial charge in [-0.1, -0.05) is 11.6 Å². The zero-order valence-electron chi connectivity index (χ0n) is 8.12. The van der Waals surface area contributed by atoms with Crippen LogP contribution in [0.3, 0.4) is 0 Å². The van der Waals surface area contributed by atoms with E-state index in [4.69, 9.17) is 25.8 Å². The summed E-state index contributed by atoms with van der Waals surface area (Å²) in [6.07, 6.45) is -1.04. The van der Waals surface area contributed by atoms with Crippen molar-refractivity contribution < 1.29 is 23.7 Å². The Morgan fingerprint density at radius 1 is 1.57 bits per heavy atom. The Morgan fingerprint density at radius 3 is 2.79 bits per heavy atom. The molecule has 0 aliphatic carbocycles. The van der Waals surface area contributed by atoms with Crippen molar-refractivity contribution in [1.82, 2.24) is 0 Å². The van der Waals surface area contributed by atoms with Crippen LogP contribution in [0.4, 0.5) is 4.79 Å². The molecule has 82 valence electrons. The molecule has 0 aromatic carbocycles. The Balaban J connectivity index is 2.17. The Kier molecular flexibility index (Phi) is 3.97. The first kappa shape index (κ1) is 11.6. The lowest BCUT2D eigenvalue weighted by molar-refractivity contribution is -0.143. The van der Waals surface area contributed by atoms with Crippen molar-refractivity contribution in [3.8, 4) is 0 Å². The van der Waals surface area contributed by atoms with Crippen LogP contribution in [0, 0.1) is 0 Å². The Bertz CT molecular complexity index is 206. The molecule has 14 heavy (non-hydrogen) atoms. The number of halogens is 1. The van der Waals surface area contributed by atoms with E-state index in [0.717, 1.165) is 0 Å². The molecule has 1 rings (SSSR count). The van der Waals surface area contributed by atoms with E-state index in [1.54, 1.807) is 13.8 Å². The van der Waals surface area contributed by atoms with Gasteiger partial charge in [0.15, 0.2) is 11.9 Å². The Hall–Kier alpha value is -0.520. The van der Waals surface area contributed by atoms with Crippen LogP contribution in [0.2, 0.25) is 0 Å². The van der Waals surface area contributed by atoms with E-state index in [2.05, 4.69) is 4.74 Å². The number of hydrogen-bond donors (Lipinski definition) is 0. The molecular weight excluding hydrogens is 212 g/mol. The van der Waals surface area contributed by atoms with Crippen LogP contribution in [0.25, 0.3) is 0 Å². The molecule has 6 heteroatoms. The molecule has 1 heterocycles. The standard InChI is InChI=1S/C8H13ClO5/c1-8(2)13-4-6(14-8)3-11-7(10)12-5-9/h6H,3-5H2,1-2H3. The minimum Gasteiger partial charge on any atom is -0.431 e. The van der Waals surface area contributed by atoms with E-state index in [-0.39, 0.29) is 18.8 Å². The van der Waals surface area contributed by atoms with Crippen molar-refractivity contribution in [3.63, 3.8) is 0 Å². The predicted octanol–water partition coefficient (Wildman–Crippen LogP) is 1.49. The van der Waals surface area contributed by atoms with E-state index in [1.165, 1.54) is 0 Å². The quantitative estimate of drug-likeness (QED) is 0.537. The summed E-state index contributed by atoms with van der Waals surface area (Å²) in [5, 5.41) is 0. The van der Waals surface area contributed by atoms with Crippen LogP contribution < -0.4 is 0 Å². The first-order valence-corrected chi connectivity index (χ1v) is 4.74. The minimum absolute atomic E-state index is 0.110. The first-order valence-electron chi connectivity index (χ1n) is 4.21. The lowest BCUT2D eigenvalue weighted by atomic mass is 10.4. The second-order valence-corrected chi connectivity index (χ2v) is 3.48. The van der Waals surface area contributed by atoms with Crippen LogP contribution >= 0.6 is 11.6 Å². The molecule has 0 amide bonds. The van der Waals surface area contributed by atoms with Gasteiger partial charge in [0, 0.05) is 0 Å². The summed E-state index contributed by atoms with van der Waals surface area (Å²) >= 11 is 5.16. The van der Waals surface area contributed by atoms with Gasteiger partial charge in [-0.05, 0) is 13.8 Å². The molecular formula is C8H13ClO5. The number of carbonyl (C=O) groups excluding carboxylic acids is 1. The van der Waals surface area contributed by atoms with E-state index in [1.807, 2.05) is 0 Å². The van der Waals surface area contributed by atoms with Crippen molar-refractivity contribution in [1.29, 1.82) is 0 Å². The van der Waals surface area contributed by atoms with Gasteiger partial charge in [-0.2, -0.15) is 0 Å². The molecule has 1 aliphatic heterocycles. The molecule has 0 spiro atoms. The highest BCUT2D eigenvalue weighted by Gasteiger charge is 2.33. The van der Waals surface area contributed by atoms with Crippen LogP contribution in [-0.2, 0) is 18.9 Å². The van der Waals surface area contributed by atoms with Crippen molar-refractivity contribution in [2.24, 2.45) is 0 Å². The summed E-state index contributed by atoms with van der Waals surface area (Å²) < 4.78 is 19.7. The van der Waals surface area contributed by atoms with Gasteiger partial charge in [-0.15, -0.1) is 0 Å². The number of carbonyl (C=O) groups is 1. The maximum absolute atomic E-state index is 10.7. The fraction of sp³-hybridized carbons (Fsp3) is 0.875. The molecule has 1 saturated heterocycles. The van der Waals surface area contributed by atoms with Gasteiger partial charge in [0.1, 0.15) is 12.7 Å². The third kappa shape index (κ3) is 3.69. The van der Waals surface area contributed by atoms with Gasteiger partial charge in [0.05, 0.1) is 6.61 Å². The molecule has 1 atom stereocenters. The van der Waals surface area contributed by atoms with Gasteiger partial charge >= 0.3 is 6.16 Å². The zero-order valence-corrected chi connectivity index (χ0v) is 8.87. The number of alkyl halides is 1. The van der Waals surface area contributed by atoms with Crippen molar-refractivity contribution in [3.05, 3.63) is 0 Å².